The second-order valence-corrected chi connectivity index (χ2v) is 7.79. The van der Waals surface area contributed by atoms with Crippen molar-refractivity contribution < 1.29 is 0 Å². The van der Waals surface area contributed by atoms with E-state index in [4.69, 9.17) is 5.73 Å². The van der Waals surface area contributed by atoms with E-state index in [9.17, 15) is 0 Å². The molecule has 0 aromatic heterocycles. The Labute approximate surface area is 149 Å². The van der Waals surface area contributed by atoms with Gasteiger partial charge in [-0.05, 0) is 56.7 Å². The second-order valence-electron chi connectivity index (χ2n) is 7.79. The summed E-state index contributed by atoms with van der Waals surface area (Å²) in [6, 6.07) is 10.9. The van der Waals surface area contributed by atoms with Gasteiger partial charge in [-0.2, -0.15) is 0 Å². The van der Waals surface area contributed by atoms with Crippen molar-refractivity contribution >= 4 is 0 Å². The molecular weight excluding hydrogens is 292 g/mol. The molecule has 1 aromatic rings. The minimum Gasteiger partial charge on any atom is -0.325 e. The Bertz CT molecular complexity index is 427. The van der Waals surface area contributed by atoms with Crippen LogP contribution in [0.2, 0.25) is 0 Å². The maximum Gasteiger partial charge on any atom is 0.0183 e. The molecule has 1 aromatic carbocycles. The third kappa shape index (κ3) is 5.89. The molecule has 1 aliphatic rings. The van der Waals surface area contributed by atoms with Gasteiger partial charge >= 0.3 is 0 Å². The zero-order valence-corrected chi connectivity index (χ0v) is 16.0. The molecule has 1 saturated heterocycles. The van der Waals surface area contributed by atoms with E-state index in [0.717, 1.165) is 5.92 Å². The number of nitrogens with zero attached hydrogens (tertiary/aromatic N) is 1. The predicted octanol–water partition coefficient (Wildman–Crippen LogP) is 5.02. The molecule has 0 unspecified atom stereocenters. The van der Waals surface area contributed by atoms with Gasteiger partial charge in [0.1, 0.15) is 0 Å². The number of likely N-dealkylation sites (tertiary alicyclic amines) is 1. The molecule has 1 aliphatic heterocycles. The number of unbranched alkanes of at least 4 members (excludes halogenated alkanes) is 2. The van der Waals surface area contributed by atoms with Crippen molar-refractivity contribution in [2.24, 2.45) is 11.7 Å². The Morgan fingerprint density at radius 3 is 2.12 bits per heavy atom. The van der Waals surface area contributed by atoms with E-state index in [1.54, 1.807) is 0 Å². The molecule has 0 bridgehead atoms. The summed E-state index contributed by atoms with van der Waals surface area (Å²) in [6.45, 7) is 8.22. The average Bonchev–Trinajstić information content (AvgIpc) is 2.64. The van der Waals surface area contributed by atoms with Gasteiger partial charge in [-0.25, -0.2) is 0 Å². The summed E-state index contributed by atoms with van der Waals surface area (Å²) in [4.78, 5) is 2.64. The molecule has 0 amide bonds. The standard InChI is InChI=1S/C22H38N2/c1-3-5-15-22(23,16-6-4-2)21-13-18-24(19-14-21)17-12-20-10-8-7-9-11-20/h7-11,21H,3-6,12-19,23H2,1-2H3. The SMILES string of the molecule is CCCCC(N)(CCCC)C1CCN(CCc2ccccc2)CC1. The number of benzene rings is 1. The zero-order valence-electron chi connectivity index (χ0n) is 16.0. The van der Waals surface area contributed by atoms with Crippen molar-refractivity contribution in [1.82, 2.24) is 4.90 Å². The van der Waals surface area contributed by atoms with Gasteiger partial charge in [0.25, 0.3) is 0 Å². The van der Waals surface area contributed by atoms with Crippen LogP contribution in [0.3, 0.4) is 0 Å². The van der Waals surface area contributed by atoms with Gasteiger partial charge in [-0.15, -0.1) is 0 Å². The number of rotatable bonds is 10. The van der Waals surface area contributed by atoms with Crippen LogP contribution < -0.4 is 5.73 Å². The van der Waals surface area contributed by atoms with Crippen molar-refractivity contribution in [3.8, 4) is 0 Å². The lowest BCUT2D eigenvalue weighted by atomic mass is 9.72. The minimum atomic E-state index is 0.0948. The van der Waals surface area contributed by atoms with E-state index >= 15 is 0 Å². The quantitative estimate of drug-likeness (QED) is 0.653. The molecular formula is C22H38N2. The Kier molecular flexibility index (Phi) is 8.28. The van der Waals surface area contributed by atoms with E-state index in [2.05, 4.69) is 49.1 Å². The summed E-state index contributed by atoms with van der Waals surface area (Å²) >= 11 is 0. The third-order valence-corrected chi connectivity index (χ3v) is 5.95. The lowest BCUT2D eigenvalue weighted by Crippen LogP contribution is -2.51. The van der Waals surface area contributed by atoms with Gasteiger partial charge in [-0.3, -0.25) is 0 Å². The minimum absolute atomic E-state index is 0.0948. The fourth-order valence-electron chi connectivity index (χ4n) is 4.21. The number of hydrogen-bond donors (Lipinski definition) is 1. The fourth-order valence-corrected chi connectivity index (χ4v) is 4.21. The van der Waals surface area contributed by atoms with Gasteiger partial charge in [0.05, 0.1) is 0 Å². The smallest absolute Gasteiger partial charge is 0.0183 e. The Balaban J connectivity index is 1.80. The molecule has 0 aliphatic carbocycles. The Hall–Kier alpha value is -0.860. The molecule has 2 N–H and O–H groups in total. The predicted molar refractivity (Wildman–Crippen MR) is 105 cm³/mol. The van der Waals surface area contributed by atoms with E-state index in [-0.39, 0.29) is 5.54 Å². The summed E-state index contributed by atoms with van der Waals surface area (Å²) in [5, 5.41) is 0. The Morgan fingerprint density at radius 1 is 1.00 bits per heavy atom. The second kappa shape index (κ2) is 10.2. The molecule has 2 rings (SSSR count). The van der Waals surface area contributed by atoms with Crippen LogP contribution in [-0.4, -0.2) is 30.1 Å². The van der Waals surface area contributed by atoms with Crippen molar-refractivity contribution in [3.05, 3.63) is 35.9 Å². The lowest BCUT2D eigenvalue weighted by molar-refractivity contribution is 0.115. The topological polar surface area (TPSA) is 29.3 Å². The molecule has 1 heterocycles. The van der Waals surface area contributed by atoms with Crippen molar-refractivity contribution in [2.45, 2.75) is 77.2 Å². The van der Waals surface area contributed by atoms with Crippen LogP contribution in [0, 0.1) is 5.92 Å². The van der Waals surface area contributed by atoms with Gasteiger partial charge in [-0.1, -0.05) is 69.9 Å². The van der Waals surface area contributed by atoms with Crippen LogP contribution in [0.1, 0.15) is 70.8 Å². The summed E-state index contributed by atoms with van der Waals surface area (Å²) < 4.78 is 0. The number of piperidine rings is 1. The highest BCUT2D eigenvalue weighted by Crippen LogP contribution is 2.34. The maximum absolute atomic E-state index is 6.94. The molecule has 0 atom stereocenters. The van der Waals surface area contributed by atoms with E-state index in [0.29, 0.717) is 0 Å². The van der Waals surface area contributed by atoms with Crippen LogP contribution in [0.5, 0.6) is 0 Å². The third-order valence-electron chi connectivity index (χ3n) is 5.95. The van der Waals surface area contributed by atoms with Crippen LogP contribution in [0.4, 0.5) is 0 Å². The monoisotopic (exact) mass is 330 g/mol. The van der Waals surface area contributed by atoms with E-state index in [1.807, 2.05) is 0 Å². The van der Waals surface area contributed by atoms with Gasteiger partial charge in [0.15, 0.2) is 0 Å². The molecule has 0 saturated carbocycles. The Morgan fingerprint density at radius 2 is 1.58 bits per heavy atom. The highest BCUT2D eigenvalue weighted by Gasteiger charge is 2.35. The molecule has 136 valence electrons. The van der Waals surface area contributed by atoms with Crippen LogP contribution >= 0.6 is 0 Å². The zero-order chi connectivity index (χ0) is 17.3. The summed E-state index contributed by atoms with van der Waals surface area (Å²) in [7, 11) is 0. The lowest BCUT2D eigenvalue weighted by Gasteiger charge is -2.43. The number of nitrogens with two attached hydrogens (primary N) is 1. The average molecular weight is 331 g/mol. The first kappa shape index (κ1) is 19.5. The largest absolute Gasteiger partial charge is 0.325 e. The molecule has 2 heteroatoms. The van der Waals surface area contributed by atoms with E-state index < -0.39 is 0 Å². The van der Waals surface area contributed by atoms with Gasteiger partial charge in [0.2, 0.25) is 0 Å². The van der Waals surface area contributed by atoms with Gasteiger partial charge < -0.3 is 10.6 Å². The molecule has 1 fully saturated rings. The fraction of sp³-hybridized carbons (Fsp3) is 0.727. The summed E-state index contributed by atoms with van der Waals surface area (Å²) in [5.41, 5.74) is 8.49. The normalized spacial score (nSPS) is 17.3. The highest BCUT2D eigenvalue weighted by atomic mass is 15.1. The van der Waals surface area contributed by atoms with Crippen molar-refractivity contribution in [2.75, 3.05) is 19.6 Å². The van der Waals surface area contributed by atoms with Crippen LogP contribution in [0.25, 0.3) is 0 Å². The molecule has 2 nitrogen and oxygen atoms in total. The van der Waals surface area contributed by atoms with E-state index in [1.165, 1.54) is 83.0 Å². The number of hydrogen-bond acceptors (Lipinski definition) is 2. The van der Waals surface area contributed by atoms with Crippen molar-refractivity contribution in [3.63, 3.8) is 0 Å². The maximum atomic E-state index is 6.94. The summed E-state index contributed by atoms with van der Waals surface area (Å²) in [5.74, 6) is 0.726. The molecule has 0 spiro atoms. The first-order valence-electron chi connectivity index (χ1n) is 10.2. The molecule has 0 radical (unpaired) electrons. The first-order valence-corrected chi connectivity index (χ1v) is 10.2. The van der Waals surface area contributed by atoms with Crippen molar-refractivity contribution in [1.29, 1.82) is 0 Å². The first-order chi connectivity index (χ1) is 11.7. The molecule has 24 heavy (non-hydrogen) atoms. The van der Waals surface area contributed by atoms with Crippen LogP contribution in [0.15, 0.2) is 30.3 Å². The summed E-state index contributed by atoms with van der Waals surface area (Å²) in [6.07, 6.45) is 11.3. The van der Waals surface area contributed by atoms with Crippen LogP contribution in [-0.2, 0) is 6.42 Å². The highest BCUT2D eigenvalue weighted by molar-refractivity contribution is 5.14. The van der Waals surface area contributed by atoms with Gasteiger partial charge in [0, 0.05) is 12.1 Å².